The van der Waals surface area contributed by atoms with E-state index in [1.807, 2.05) is 30.3 Å². The van der Waals surface area contributed by atoms with Crippen molar-refractivity contribution in [2.24, 2.45) is 5.92 Å². The van der Waals surface area contributed by atoms with Gasteiger partial charge in [-0.25, -0.2) is 0 Å². The molecule has 1 rings (SSSR count). The highest BCUT2D eigenvalue weighted by Crippen LogP contribution is 2.21. The summed E-state index contributed by atoms with van der Waals surface area (Å²) < 4.78 is 5.54. The maximum atomic E-state index is 5.54. The molecule has 1 aromatic carbocycles. The van der Waals surface area contributed by atoms with E-state index in [4.69, 9.17) is 4.52 Å². The Morgan fingerprint density at radius 2 is 1.85 bits per heavy atom. The summed E-state index contributed by atoms with van der Waals surface area (Å²) in [5.74, 6) is 1.71. The van der Waals surface area contributed by atoms with E-state index >= 15 is 0 Å². The molecule has 0 radical (unpaired) electrons. The second-order valence-electron chi connectivity index (χ2n) is 3.16. The Labute approximate surface area is 88.2 Å². The van der Waals surface area contributed by atoms with Gasteiger partial charge in [-0.15, -0.1) is 12.4 Å². The summed E-state index contributed by atoms with van der Waals surface area (Å²) in [4.78, 5) is 0. The first kappa shape index (κ1) is 12.7. The van der Waals surface area contributed by atoms with Gasteiger partial charge in [-0.2, -0.15) is 0 Å². The van der Waals surface area contributed by atoms with Crippen molar-refractivity contribution in [1.82, 2.24) is 0 Å². The van der Waals surface area contributed by atoms with Crippen LogP contribution in [0, 0.1) is 5.92 Å². The van der Waals surface area contributed by atoms with E-state index in [1.165, 1.54) is 0 Å². The van der Waals surface area contributed by atoms with Gasteiger partial charge >= 0.3 is 0 Å². The summed E-state index contributed by atoms with van der Waals surface area (Å²) in [5.41, 5.74) is 0. The van der Waals surface area contributed by atoms with E-state index in [0.717, 1.165) is 17.8 Å². The Morgan fingerprint density at radius 1 is 1.23 bits per heavy atom. The predicted molar refractivity (Wildman–Crippen MR) is 62.3 cm³/mol. The lowest BCUT2D eigenvalue weighted by atomic mass is 10.3. The van der Waals surface area contributed by atoms with Crippen molar-refractivity contribution in [2.75, 3.05) is 6.16 Å². The monoisotopic (exact) mass is 218 g/mol. The molecule has 0 heterocycles. The maximum absolute atomic E-state index is 5.54. The Balaban J connectivity index is 0.00000144. The van der Waals surface area contributed by atoms with E-state index in [1.54, 1.807) is 0 Å². The van der Waals surface area contributed by atoms with Crippen LogP contribution in [-0.4, -0.2) is 6.16 Å². The predicted octanol–water partition coefficient (Wildman–Crippen LogP) is 3.74. The van der Waals surface area contributed by atoms with E-state index in [2.05, 4.69) is 13.8 Å². The summed E-state index contributed by atoms with van der Waals surface area (Å²) in [6, 6.07) is 9.98. The van der Waals surface area contributed by atoms with Gasteiger partial charge in [-0.1, -0.05) is 32.0 Å². The molecule has 0 amide bonds. The second-order valence-corrected chi connectivity index (χ2v) is 4.06. The zero-order valence-corrected chi connectivity index (χ0v) is 9.80. The first-order valence-corrected chi connectivity index (χ1v) is 5.35. The van der Waals surface area contributed by atoms with Crippen molar-refractivity contribution in [3.63, 3.8) is 0 Å². The molecule has 0 N–H and O–H groups in total. The molecule has 0 saturated carbocycles. The minimum absolute atomic E-state index is 0. The molecule has 1 nitrogen and oxygen atoms in total. The van der Waals surface area contributed by atoms with Crippen LogP contribution < -0.4 is 4.52 Å². The van der Waals surface area contributed by atoms with E-state index in [9.17, 15) is 0 Å². The van der Waals surface area contributed by atoms with Crippen molar-refractivity contribution < 1.29 is 4.52 Å². The van der Waals surface area contributed by atoms with Crippen molar-refractivity contribution >= 4 is 21.2 Å². The fourth-order valence-electron chi connectivity index (χ4n) is 0.780. The van der Waals surface area contributed by atoms with Crippen LogP contribution in [-0.2, 0) is 0 Å². The SMILES string of the molecule is CC(C)CPOc1ccccc1.Cl. The summed E-state index contributed by atoms with van der Waals surface area (Å²) in [5, 5.41) is 0. The van der Waals surface area contributed by atoms with Crippen LogP contribution in [0.15, 0.2) is 30.3 Å². The number of halogens is 1. The molecule has 74 valence electrons. The lowest BCUT2D eigenvalue weighted by Gasteiger charge is -2.06. The first-order valence-electron chi connectivity index (χ1n) is 4.24. The number of benzene rings is 1. The molecule has 0 aromatic heterocycles. The van der Waals surface area contributed by atoms with Gasteiger partial charge in [0.15, 0.2) is 0 Å². The van der Waals surface area contributed by atoms with Crippen molar-refractivity contribution in [2.45, 2.75) is 13.8 Å². The highest BCUT2D eigenvalue weighted by Gasteiger charge is 1.94. The lowest BCUT2D eigenvalue weighted by molar-refractivity contribution is 0.615. The van der Waals surface area contributed by atoms with Crippen LogP contribution >= 0.6 is 21.2 Å². The molecule has 0 fully saturated rings. The minimum Gasteiger partial charge on any atom is -0.477 e. The molecule has 0 aliphatic heterocycles. The molecule has 1 unspecified atom stereocenters. The number of rotatable bonds is 4. The highest BCUT2D eigenvalue weighted by atomic mass is 35.5. The molecule has 0 bridgehead atoms. The summed E-state index contributed by atoms with van der Waals surface area (Å²) in [7, 11) is 0.590. The third kappa shape index (κ3) is 5.90. The normalized spacial score (nSPS) is 10.4. The van der Waals surface area contributed by atoms with Gasteiger partial charge in [0.1, 0.15) is 5.75 Å². The molecule has 0 saturated heterocycles. The molecule has 0 aliphatic carbocycles. The average molecular weight is 219 g/mol. The standard InChI is InChI=1S/C10H15OP.ClH/c1-9(2)8-12-11-10-6-4-3-5-7-10;/h3-7,9,12H,8H2,1-2H3;1H. The highest BCUT2D eigenvalue weighted by molar-refractivity contribution is 7.32. The van der Waals surface area contributed by atoms with Crippen LogP contribution in [0.4, 0.5) is 0 Å². The Bertz CT molecular complexity index is 213. The largest absolute Gasteiger partial charge is 0.477 e. The van der Waals surface area contributed by atoms with Crippen LogP contribution in [0.25, 0.3) is 0 Å². The lowest BCUT2D eigenvalue weighted by Crippen LogP contribution is -1.90. The van der Waals surface area contributed by atoms with Crippen LogP contribution in [0.3, 0.4) is 0 Å². The summed E-state index contributed by atoms with van der Waals surface area (Å²) in [6.07, 6.45) is 1.15. The molecular weight excluding hydrogens is 203 g/mol. The van der Waals surface area contributed by atoms with Crippen LogP contribution in [0.1, 0.15) is 13.8 Å². The minimum atomic E-state index is 0. The quantitative estimate of drug-likeness (QED) is 0.700. The smallest absolute Gasteiger partial charge is 0.122 e. The molecule has 0 aliphatic rings. The fourth-order valence-corrected chi connectivity index (χ4v) is 1.50. The summed E-state index contributed by atoms with van der Waals surface area (Å²) >= 11 is 0. The van der Waals surface area contributed by atoms with Crippen molar-refractivity contribution in [1.29, 1.82) is 0 Å². The number of hydrogen-bond donors (Lipinski definition) is 0. The van der Waals surface area contributed by atoms with E-state index < -0.39 is 0 Å². The molecule has 1 atom stereocenters. The first-order chi connectivity index (χ1) is 5.79. The maximum Gasteiger partial charge on any atom is 0.122 e. The number of hydrogen-bond acceptors (Lipinski definition) is 1. The third-order valence-electron chi connectivity index (χ3n) is 1.42. The van der Waals surface area contributed by atoms with Gasteiger partial charge in [-0.3, -0.25) is 0 Å². The average Bonchev–Trinajstić information content (AvgIpc) is 2.05. The Kier molecular flexibility index (Phi) is 7.03. The molecule has 1 aromatic rings. The summed E-state index contributed by atoms with van der Waals surface area (Å²) in [6.45, 7) is 4.42. The Hall–Kier alpha value is -0.260. The van der Waals surface area contributed by atoms with Gasteiger partial charge < -0.3 is 4.52 Å². The van der Waals surface area contributed by atoms with Gasteiger partial charge in [0.2, 0.25) is 0 Å². The van der Waals surface area contributed by atoms with E-state index in [-0.39, 0.29) is 12.4 Å². The molecule has 0 spiro atoms. The fraction of sp³-hybridized carbons (Fsp3) is 0.400. The van der Waals surface area contributed by atoms with Gasteiger partial charge in [0, 0.05) is 6.16 Å². The van der Waals surface area contributed by atoms with Crippen molar-refractivity contribution in [3.05, 3.63) is 30.3 Å². The zero-order valence-electron chi connectivity index (χ0n) is 7.99. The van der Waals surface area contributed by atoms with Gasteiger partial charge in [-0.05, 0) is 18.1 Å². The molecule has 13 heavy (non-hydrogen) atoms. The second kappa shape index (κ2) is 7.17. The number of para-hydroxylation sites is 1. The van der Waals surface area contributed by atoms with Gasteiger partial charge in [0.05, 0.1) is 8.81 Å². The molecule has 3 heteroatoms. The zero-order chi connectivity index (χ0) is 8.81. The third-order valence-corrected chi connectivity index (χ3v) is 2.79. The molecular formula is C10H16ClOP. The van der Waals surface area contributed by atoms with Crippen molar-refractivity contribution in [3.8, 4) is 5.75 Å². The van der Waals surface area contributed by atoms with Gasteiger partial charge in [0.25, 0.3) is 0 Å². The van der Waals surface area contributed by atoms with Crippen LogP contribution in [0.2, 0.25) is 0 Å². The Morgan fingerprint density at radius 3 is 2.38 bits per heavy atom. The topological polar surface area (TPSA) is 9.23 Å². The van der Waals surface area contributed by atoms with E-state index in [0.29, 0.717) is 8.81 Å². The van der Waals surface area contributed by atoms with Crippen LogP contribution in [0.5, 0.6) is 5.75 Å².